The van der Waals surface area contributed by atoms with Gasteiger partial charge in [-0.2, -0.15) is 4.31 Å². The van der Waals surface area contributed by atoms with Crippen LogP contribution in [-0.4, -0.2) is 42.5 Å². The summed E-state index contributed by atoms with van der Waals surface area (Å²) in [5.41, 5.74) is 0.997. The van der Waals surface area contributed by atoms with Crippen LogP contribution < -0.4 is 5.32 Å². The molecule has 104 valence electrons. The van der Waals surface area contributed by atoms with Crippen LogP contribution >= 0.6 is 0 Å². The third-order valence-electron chi connectivity index (χ3n) is 3.09. The first-order valence-corrected chi connectivity index (χ1v) is 7.93. The minimum absolute atomic E-state index is 0.320. The molecule has 1 aliphatic heterocycles. The van der Waals surface area contributed by atoms with Crippen molar-refractivity contribution in [1.82, 2.24) is 9.29 Å². The standard InChI is InChI=1S/C12H17N3O3S/c1-9-5-6-11(13-8-9)14-12(16)10-4-3-7-15(10)19(2,17)18/h5-6,8,10H,3-4,7H2,1-2H3,(H,13,14,16)/t10-/m1/s1. The second-order valence-corrected chi connectivity index (χ2v) is 6.68. The average molecular weight is 283 g/mol. The lowest BCUT2D eigenvalue weighted by Crippen LogP contribution is -2.42. The van der Waals surface area contributed by atoms with Gasteiger partial charge < -0.3 is 5.32 Å². The summed E-state index contributed by atoms with van der Waals surface area (Å²) >= 11 is 0. The molecule has 0 aliphatic carbocycles. The Balaban J connectivity index is 2.09. The maximum Gasteiger partial charge on any atom is 0.243 e. The normalized spacial score (nSPS) is 20.4. The fourth-order valence-corrected chi connectivity index (χ4v) is 3.27. The molecule has 0 aromatic carbocycles. The molecule has 1 aliphatic rings. The Morgan fingerprint density at radius 3 is 2.79 bits per heavy atom. The van der Waals surface area contributed by atoms with Crippen molar-refractivity contribution < 1.29 is 13.2 Å². The Bertz CT molecular complexity index is 568. The van der Waals surface area contributed by atoms with Crippen molar-refractivity contribution in [2.45, 2.75) is 25.8 Å². The lowest BCUT2D eigenvalue weighted by molar-refractivity contribution is -0.119. The zero-order chi connectivity index (χ0) is 14.0. The largest absolute Gasteiger partial charge is 0.309 e. The molecule has 0 spiro atoms. The van der Waals surface area contributed by atoms with E-state index in [9.17, 15) is 13.2 Å². The van der Waals surface area contributed by atoms with Crippen LogP contribution in [-0.2, 0) is 14.8 Å². The van der Waals surface area contributed by atoms with Gasteiger partial charge in [-0.05, 0) is 31.4 Å². The van der Waals surface area contributed by atoms with Gasteiger partial charge in [0.25, 0.3) is 0 Å². The van der Waals surface area contributed by atoms with Crippen molar-refractivity contribution in [3.8, 4) is 0 Å². The summed E-state index contributed by atoms with van der Waals surface area (Å²) in [6.45, 7) is 2.30. The highest BCUT2D eigenvalue weighted by Gasteiger charge is 2.36. The van der Waals surface area contributed by atoms with Crippen LogP contribution in [0.25, 0.3) is 0 Å². The predicted molar refractivity (Wildman–Crippen MR) is 72.2 cm³/mol. The Morgan fingerprint density at radius 1 is 1.47 bits per heavy atom. The van der Waals surface area contributed by atoms with Crippen LogP contribution in [0.1, 0.15) is 18.4 Å². The van der Waals surface area contributed by atoms with E-state index in [2.05, 4.69) is 10.3 Å². The molecule has 1 saturated heterocycles. The fourth-order valence-electron chi connectivity index (χ4n) is 2.15. The predicted octanol–water partition coefficient (Wildman–Crippen LogP) is 0.753. The molecule has 0 bridgehead atoms. The number of carbonyl (C=O) groups is 1. The number of sulfonamides is 1. The van der Waals surface area contributed by atoms with Crippen molar-refractivity contribution in [2.75, 3.05) is 18.1 Å². The first-order chi connectivity index (χ1) is 8.88. The van der Waals surface area contributed by atoms with Crippen molar-refractivity contribution in [3.05, 3.63) is 23.9 Å². The van der Waals surface area contributed by atoms with Gasteiger partial charge >= 0.3 is 0 Å². The highest BCUT2D eigenvalue weighted by Crippen LogP contribution is 2.21. The smallest absolute Gasteiger partial charge is 0.243 e. The van der Waals surface area contributed by atoms with Gasteiger partial charge in [-0.25, -0.2) is 13.4 Å². The van der Waals surface area contributed by atoms with Gasteiger partial charge in [-0.3, -0.25) is 4.79 Å². The summed E-state index contributed by atoms with van der Waals surface area (Å²) in [4.78, 5) is 16.2. The molecule has 2 heterocycles. The van der Waals surface area contributed by atoms with Gasteiger partial charge in [0, 0.05) is 12.7 Å². The molecular weight excluding hydrogens is 266 g/mol. The molecule has 0 radical (unpaired) electrons. The second-order valence-electron chi connectivity index (χ2n) is 4.74. The van der Waals surface area contributed by atoms with Gasteiger partial charge in [0.15, 0.2) is 0 Å². The van der Waals surface area contributed by atoms with E-state index in [1.807, 2.05) is 13.0 Å². The molecule has 2 rings (SSSR count). The first kappa shape index (κ1) is 14.0. The maximum absolute atomic E-state index is 12.1. The van der Waals surface area contributed by atoms with Crippen molar-refractivity contribution in [3.63, 3.8) is 0 Å². The number of hydrogen-bond donors (Lipinski definition) is 1. The van der Waals surface area contributed by atoms with Crippen LogP contribution in [0.15, 0.2) is 18.3 Å². The van der Waals surface area contributed by atoms with Gasteiger partial charge in [0.2, 0.25) is 15.9 Å². The Morgan fingerprint density at radius 2 is 2.21 bits per heavy atom. The quantitative estimate of drug-likeness (QED) is 0.888. The van der Waals surface area contributed by atoms with Crippen LogP contribution in [0.2, 0.25) is 0 Å². The molecule has 6 nitrogen and oxygen atoms in total. The molecule has 1 amide bonds. The van der Waals surface area contributed by atoms with Gasteiger partial charge in [-0.15, -0.1) is 0 Å². The Kier molecular flexibility index (Phi) is 3.86. The van der Waals surface area contributed by atoms with Gasteiger partial charge in [0.1, 0.15) is 11.9 Å². The minimum Gasteiger partial charge on any atom is -0.309 e. The molecule has 1 N–H and O–H groups in total. The third kappa shape index (κ3) is 3.30. The van der Waals surface area contributed by atoms with E-state index in [1.54, 1.807) is 12.3 Å². The third-order valence-corrected chi connectivity index (χ3v) is 4.38. The second kappa shape index (κ2) is 5.26. The molecule has 7 heteroatoms. The number of aryl methyl sites for hydroxylation is 1. The van der Waals surface area contributed by atoms with Crippen LogP contribution in [0, 0.1) is 6.92 Å². The zero-order valence-electron chi connectivity index (χ0n) is 11.0. The number of carbonyl (C=O) groups excluding carboxylic acids is 1. The molecule has 1 aromatic heterocycles. The van der Waals surface area contributed by atoms with Crippen molar-refractivity contribution in [2.24, 2.45) is 0 Å². The number of hydrogen-bond acceptors (Lipinski definition) is 4. The molecular formula is C12H17N3O3S. The van der Waals surface area contributed by atoms with E-state index in [-0.39, 0.29) is 5.91 Å². The number of rotatable bonds is 3. The lowest BCUT2D eigenvalue weighted by Gasteiger charge is -2.21. The summed E-state index contributed by atoms with van der Waals surface area (Å²) in [5.74, 6) is 0.121. The summed E-state index contributed by atoms with van der Waals surface area (Å²) in [6, 6.07) is 2.91. The first-order valence-electron chi connectivity index (χ1n) is 6.08. The average Bonchev–Trinajstić information content (AvgIpc) is 2.81. The van der Waals surface area contributed by atoms with Crippen LogP contribution in [0.4, 0.5) is 5.82 Å². The van der Waals surface area contributed by atoms with E-state index in [0.717, 1.165) is 11.8 Å². The Hall–Kier alpha value is -1.47. The number of nitrogens with one attached hydrogen (secondary N) is 1. The topological polar surface area (TPSA) is 79.4 Å². The summed E-state index contributed by atoms with van der Waals surface area (Å²) in [7, 11) is -3.34. The monoisotopic (exact) mass is 283 g/mol. The van der Waals surface area contributed by atoms with Gasteiger partial charge in [-0.1, -0.05) is 6.07 Å². The number of pyridine rings is 1. The molecule has 19 heavy (non-hydrogen) atoms. The fraction of sp³-hybridized carbons (Fsp3) is 0.500. The van der Waals surface area contributed by atoms with E-state index in [1.165, 1.54) is 4.31 Å². The summed E-state index contributed by atoms with van der Waals surface area (Å²) in [5, 5.41) is 2.66. The number of amides is 1. The summed E-state index contributed by atoms with van der Waals surface area (Å²) in [6.07, 6.45) is 4.03. The highest BCUT2D eigenvalue weighted by atomic mass is 32.2. The zero-order valence-corrected chi connectivity index (χ0v) is 11.8. The number of nitrogens with zero attached hydrogens (tertiary/aromatic N) is 2. The van der Waals surface area contributed by atoms with Crippen molar-refractivity contribution in [1.29, 1.82) is 0 Å². The number of aromatic nitrogens is 1. The van der Waals surface area contributed by atoms with Crippen LogP contribution in [0.3, 0.4) is 0 Å². The van der Waals surface area contributed by atoms with Crippen molar-refractivity contribution >= 4 is 21.7 Å². The minimum atomic E-state index is -3.34. The molecule has 0 saturated carbocycles. The number of anilines is 1. The van der Waals surface area contributed by atoms with E-state index < -0.39 is 16.1 Å². The molecule has 1 aromatic rings. The lowest BCUT2D eigenvalue weighted by atomic mass is 10.2. The van der Waals surface area contributed by atoms with Crippen LogP contribution in [0.5, 0.6) is 0 Å². The molecule has 0 unspecified atom stereocenters. The maximum atomic E-state index is 12.1. The Labute approximate surface area is 112 Å². The molecule has 1 fully saturated rings. The SMILES string of the molecule is Cc1ccc(NC(=O)[C@H]2CCCN2S(C)(=O)=O)nc1. The van der Waals surface area contributed by atoms with E-state index in [4.69, 9.17) is 0 Å². The highest BCUT2D eigenvalue weighted by molar-refractivity contribution is 7.88. The van der Waals surface area contributed by atoms with E-state index in [0.29, 0.717) is 25.2 Å². The summed E-state index contributed by atoms with van der Waals surface area (Å²) < 4.78 is 24.4. The van der Waals surface area contributed by atoms with Gasteiger partial charge in [0.05, 0.1) is 6.26 Å². The molecule has 1 atom stereocenters. The van der Waals surface area contributed by atoms with E-state index >= 15 is 0 Å².